The summed E-state index contributed by atoms with van der Waals surface area (Å²) in [4.78, 5) is 11.6. The number of benzene rings is 1. The second-order valence-electron chi connectivity index (χ2n) is 6.79. The lowest BCUT2D eigenvalue weighted by molar-refractivity contribution is 0.0123. The Hall–Kier alpha value is -1.20. The molecule has 0 fully saturated rings. The zero-order valence-electron chi connectivity index (χ0n) is 12.7. The Morgan fingerprint density at radius 3 is 2.77 bits per heavy atom. The number of halogens is 2. The van der Waals surface area contributed by atoms with Crippen LogP contribution in [0.15, 0.2) is 16.1 Å². The zero-order valence-corrected chi connectivity index (χ0v) is 14.3. The van der Waals surface area contributed by atoms with Gasteiger partial charge in [0.2, 0.25) is 5.91 Å². The molecule has 2 aliphatic rings. The third-order valence-corrected chi connectivity index (χ3v) is 5.72. The minimum atomic E-state index is -0.734. The van der Waals surface area contributed by atoms with Gasteiger partial charge in [-0.1, -0.05) is 5.57 Å². The Labute approximate surface area is 137 Å². The van der Waals surface area contributed by atoms with E-state index in [0.29, 0.717) is 10.9 Å². The fourth-order valence-electron chi connectivity index (χ4n) is 3.70. The molecule has 0 spiro atoms. The SMILES string of the molecule is CC(C)(O)[C@H]1CCC2=C(Cc3c(C(N)=O)cc(F)c(Br)c32)C1. The summed E-state index contributed by atoms with van der Waals surface area (Å²) in [6.45, 7) is 3.66. The maximum absolute atomic E-state index is 14.1. The minimum absolute atomic E-state index is 0.182. The van der Waals surface area contributed by atoms with E-state index in [1.807, 2.05) is 13.8 Å². The molecule has 3 N–H and O–H groups in total. The van der Waals surface area contributed by atoms with Crippen molar-refractivity contribution in [3.05, 3.63) is 38.6 Å². The fraction of sp³-hybridized carbons (Fsp3) is 0.471. The molecule has 3 nitrogen and oxygen atoms in total. The Morgan fingerprint density at radius 2 is 2.18 bits per heavy atom. The van der Waals surface area contributed by atoms with E-state index >= 15 is 0 Å². The summed E-state index contributed by atoms with van der Waals surface area (Å²) in [5.74, 6) is -0.867. The summed E-state index contributed by atoms with van der Waals surface area (Å²) in [6, 6.07) is 1.22. The van der Waals surface area contributed by atoms with Crippen molar-refractivity contribution >= 4 is 27.4 Å². The number of amides is 1. The Kier molecular flexibility index (Phi) is 3.68. The van der Waals surface area contributed by atoms with Gasteiger partial charge in [0.05, 0.1) is 10.1 Å². The van der Waals surface area contributed by atoms with Gasteiger partial charge in [-0.3, -0.25) is 4.79 Å². The third-order valence-electron chi connectivity index (χ3n) is 4.95. The Morgan fingerprint density at radius 1 is 1.50 bits per heavy atom. The van der Waals surface area contributed by atoms with E-state index < -0.39 is 17.3 Å². The van der Waals surface area contributed by atoms with E-state index in [2.05, 4.69) is 15.9 Å². The van der Waals surface area contributed by atoms with Crippen molar-refractivity contribution < 1.29 is 14.3 Å². The van der Waals surface area contributed by atoms with Gasteiger partial charge in [0.25, 0.3) is 0 Å². The van der Waals surface area contributed by atoms with Gasteiger partial charge >= 0.3 is 0 Å². The van der Waals surface area contributed by atoms with Gasteiger partial charge in [-0.25, -0.2) is 4.39 Å². The molecule has 22 heavy (non-hydrogen) atoms. The molecule has 118 valence electrons. The van der Waals surface area contributed by atoms with Gasteiger partial charge in [0.1, 0.15) is 5.82 Å². The molecular weight excluding hydrogens is 349 g/mol. The maximum atomic E-state index is 14.1. The van der Waals surface area contributed by atoms with Crippen LogP contribution in [0.4, 0.5) is 4.39 Å². The van der Waals surface area contributed by atoms with E-state index in [0.717, 1.165) is 36.0 Å². The minimum Gasteiger partial charge on any atom is -0.390 e. The quantitative estimate of drug-likeness (QED) is 0.838. The van der Waals surface area contributed by atoms with Crippen LogP contribution in [0, 0.1) is 11.7 Å². The molecule has 1 aromatic rings. The normalized spacial score (nSPS) is 20.9. The highest BCUT2D eigenvalue weighted by Crippen LogP contribution is 2.49. The summed E-state index contributed by atoms with van der Waals surface area (Å²) in [5, 5.41) is 10.3. The molecule has 0 saturated carbocycles. The number of rotatable bonds is 2. The van der Waals surface area contributed by atoms with Crippen molar-refractivity contribution in [3.63, 3.8) is 0 Å². The molecule has 0 saturated heterocycles. The number of hydrogen-bond acceptors (Lipinski definition) is 2. The van der Waals surface area contributed by atoms with Crippen molar-refractivity contribution in [2.45, 2.75) is 45.1 Å². The summed E-state index contributed by atoms with van der Waals surface area (Å²) in [6.07, 6.45) is 3.04. The topological polar surface area (TPSA) is 63.3 Å². The first kappa shape index (κ1) is 15.7. The molecule has 0 aromatic heterocycles. The van der Waals surface area contributed by atoms with Gasteiger partial charge in [-0.15, -0.1) is 0 Å². The smallest absolute Gasteiger partial charge is 0.249 e. The number of fused-ring (bicyclic) bond motifs is 2. The van der Waals surface area contributed by atoms with Gasteiger partial charge in [0, 0.05) is 5.56 Å². The predicted molar refractivity (Wildman–Crippen MR) is 86.9 cm³/mol. The van der Waals surface area contributed by atoms with Crippen LogP contribution >= 0.6 is 15.9 Å². The highest BCUT2D eigenvalue weighted by molar-refractivity contribution is 9.10. The number of primary amides is 1. The molecule has 5 heteroatoms. The van der Waals surface area contributed by atoms with Crippen molar-refractivity contribution in [2.75, 3.05) is 0 Å². The molecule has 0 unspecified atom stereocenters. The largest absolute Gasteiger partial charge is 0.390 e. The summed E-state index contributed by atoms with van der Waals surface area (Å²) in [7, 11) is 0. The molecule has 3 rings (SSSR count). The second kappa shape index (κ2) is 5.17. The highest BCUT2D eigenvalue weighted by atomic mass is 79.9. The van der Waals surface area contributed by atoms with Crippen molar-refractivity contribution in [3.8, 4) is 0 Å². The lowest BCUT2D eigenvalue weighted by Crippen LogP contribution is -2.32. The van der Waals surface area contributed by atoms with Crippen LogP contribution in [0.2, 0.25) is 0 Å². The van der Waals surface area contributed by atoms with Gasteiger partial charge in [0.15, 0.2) is 0 Å². The van der Waals surface area contributed by atoms with E-state index in [1.165, 1.54) is 11.6 Å². The average molecular weight is 368 g/mol. The third kappa shape index (κ3) is 2.40. The first-order valence-corrected chi connectivity index (χ1v) is 8.23. The molecule has 0 heterocycles. The molecule has 1 amide bonds. The highest BCUT2D eigenvalue weighted by Gasteiger charge is 2.37. The monoisotopic (exact) mass is 367 g/mol. The van der Waals surface area contributed by atoms with Gasteiger partial charge < -0.3 is 10.8 Å². The molecule has 0 bridgehead atoms. The number of allylic oxidation sites excluding steroid dienone is 2. The lowest BCUT2D eigenvalue weighted by Gasteiger charge is -2.33. The van der Waals surface area contributed by atoms with Crippen LogP contribution in [0.5, 0.6) is 0 Å². The summed E-state index contributed by atoms with van der Waals surface area (Å²) in [5.41, 5.74) is 8.88. The van der Waals surface area contributed by atoms with Crippen LogP contribution in [-0.2, 0) is 6.42 Å². The fourth-order valence-corrected chi connectivity index (χ4v) is 4.29. The molecule has 0 radical (unpaired) electrons. The number of aliphatic hydroxyl groups is 1. The summed E-state index contributed by atoms with van der Waals surface area (Å²) >= 11 is 3.32. The van der Waals surface area contributed by atoms with E-state index in [9.17, 15) is 14.3 Å². The van der Waals surface area contributed by atoms with Crippen molar-refractivity contribution in [2.24, 2.45) is 11.7 Å². The summed E-state index contributed by atoms with van der Waals surface area (Å²) < 4.78 is 14.5. The standard InChI is InChI=1S/C17H19BrFNO2/c1-17(2,22)9-3-4-10-8(5-9)6-11-12(16(20)21)7-13(19)15(18)14(10)11/h7,9,22H,3-6H2,1-2H3,(H2,20,21)/t9-/m0/s1. The molecular formula is C17H19BrFNO2. The average Bonchev–Trinajstić information content (AvgIpc) is 2.79. The number of carbonyl (C=O) groups is 1. The molecule has 2 aliphatic carbocycles. The van der Waals surface area contributed by atoms with Crippen LogP contribution < -0.4 is 5.73 Å². The number of carbonyl (C=O) groups excluding carboxylic acids is 1. The van der Waals surface area contributed by atoms with Gasteiger partial charge in [-0.05, 0) is 84.1 Å². The number of hydrogen-bond donors (Lipinski definition) is 2. The second-order valence-corrected chi connectivity index (χ2v) is 7.58. The molecule has 1 atom stereocenters. The predicted octanol–water partition coefficient (Wildman–Crippen LogP) is 3.57. The number of nitrogens with two attached hydrogens (primary N) is 1. The van der Waals surface area contributed by atoms with E-state index in [1.54, 1.807) is 0 Å². The Balaban J connectivity index is 2.08. The van der Waals surface area contributed by atoms with Crippen LogP contribution in [0.1, 0.15) is 54.6 Å². The first-order chi connectivity index (χ1) is 10.2. The van der Waals surface area contributed by atoms with Crippen LogP contribution in [-0.4, -0.2) is 16.6 Å². The first-order valence-electron chi connectivity index (χ1n) is 7.44. The lowest BCUT2D eigenvalue weighted by atomic mass is 9.76. The van der Waals surface area contributed by atoms with E-state index in [4.69, 9.17) is 5.73 Å². The van der Waals surface area contributed by atoms with Crippen molar-refractivity contribution in [1.29, 1.82) is 0 Å². The van der Waals surface area contributed by atoms with E-state index in [-0.39, 0.29) is 11.5 Å². The van der Waals surface area contributed by atoms with Crippen molar-refractivity contribution in [1.82, 2.24) is 0 Å². The maximum Gasteiger partial charge on any atom is 0.249 e. The zero-order chi connectivity index (χ0) is 16.2. The van der Waals surface area contributed by atoms with Gasteiger partial charge in [-0.2, -0.15) is 0 Å². The van der Waals surface area contributed by atoms with Crippen LogP contribution in [0.3, 0.4) is 0 Å². The molecule has 0 aliphatic heterocycles. The van der Waals surface area contributed by atoms with Crippen LogP contribution in [0.25, 0.3) is 5.57 Å². The Bertz CT molecular complexity index is 704. The molecule has 1 aromatic carbocycles.